The second-order valence-corrected chi connectivity index (χ2v) is 7.79. The number of fused-ring (bicyclic) bond motifs is 1. The van der Waals surface area contributed by atoms with Gasteiger partial charge in [-0.3, -0.25) is 14.6 Å². The summed E-state index contributed by atoms with van der Waals surface area (Å²) in [6.45, 7) is 4.09. The number of aliphatic carboxylic acids is 1. The fraction of sp³-hybridized carbons (Fsp3) is 0.318. The van der Waals surface area contributed by atoms with E-state index in [0.717, 1.165) is 30.8 Å². The monoisotopic (exact) mass is 431 g/mol. The van der Waals surface area contributed by atoms with Gasteiger partial charge in [0.1, 0.15) is 24.2 Å². The van der Waals surface area contributed by atoms with Crippen molar-refractivity contribution in [1.82, 2.24) is 14.8 Å². The fourth-order valence-corrected chi connectivity index (χ4v) is 4.03. The number of nitrogens with zero attached hydrogens (tertiary/aromatic N) is 2. The van der Waals surface area contributed by atoms with Gasteiger partial charge in [0.2, 0.25) is 0 Å². The lowest BCUT2D eigenvalue weighted by atomic mass is 10.0. The van der Waals surface area contributed by atoms with Crippen LogP contribution in [0.15, 0.2) is 48.7 Å². The molecule has 2 heterocycles. The molecule has 0 amide bonds. The molecule has 0 saturated carbocycles. The number of H-pyrrole nitrogens is 1. The summed E-state index contributed by atoms with van der Waals surface area (Å²) >= 11 is 5.88. The maximum atomic E-state index is 13.5. The van der Waals surface area contributed by atoms with Crippen LogP contribution in [0.2, 0.25) is 5.02 Å². The van der Waals surface area contributed by atoms with Crippen molar-refractivity contribution in [2.45, 2.75) is 6.04 Å². The molecule has 1 aliphatic heterocycles. The minimum atomic E-state index is -0.903. The number of piperazine rings is 1. The van der Waals surface area contributed by atoms with Gasteiger partial charge in [0.05, 0.1) is 0 Å². The average Bonchev–Trinajstić information content (AvgIpc) is 3.13. The summed E-state index contributed by atoms with van der Waals surface area (Å²) in [7, 11) is 0. The van der Waals surface area contributed by atoms with Crippen molar-refractivity contribution >= 4 is 28.5 Å². The minimum Gasteiger partial charge on any atom is -0.492 e. The number of rotatable bonds is 7. The van der Waals surface area contributed by atoms with E-state index in [-0.39, 0.29) is 5.82 Å². The molecular weight excluding hydrogens is 409 g/mol. The Morgan fingerprint density at radius 2 is 1.90 bits per heavy atom. The van der Waals surface area contributed by atoms with Crippen molar-refractivity contribution in [2.24, 2.45) is 0 Å². The highest BCUT2D eigenvalue weighted by Crippen LogP contribution is 2.30. The summed E-state index contributed by atoms with van der Waals surface area (Å²) in [4.78, 5) is 19.3. The maximum Gasteiger partial charge on any atom is 0.325 e. The predicted molar refractivity (Wildman–Crippen MR) is 114 cm³/mol. The highest BCUT2D eigenvalue weighted by molar-refractivity contribution is 6.30. The number of halogens is 2. The molecule has 1 saturated heterocycles. The Hall–Kier alpha value is -2.61. The minimum absolute atomic E-state index is 0.350. The van der Waals surface area contributed by atoms with Crippen LogP contribution in [0, 0.1) is 5.82 Å². The van der Waals surface area contributed by atoms with Gasteiger partial charge in [0, 0.05) is 60.4 Å². The van der Waals surface area contributed by atoms with Crippen molar-refractivity contribution < 1.29 is 19.0 Å². The van der Waals surface area contributed by atoms with Gasteiger partial charge in [-0.1, -0.05) is 11.6 Å². The van der Waals surface area contributed by atoms with Crippen LogP contribution >= 0.6 is 11.6 Å². The molecule has 1 fully saturated rings. The van der Waals surface area contributed by atoms with Crippen molar-refractivity contribution in [2.75, 3.05) is 39.3 Å². The maximum absolute atomic E-state index is 13.5. The number of aromatic nitrogens is 1. The number of carboxylic acid groups (broad SMARTS) is 1. The molecule has 2 N–H and O–H groups in total. The highest BCUT2D eigenvalue weighted by atomic mass is 35.5. The zero-order valence-corrected chi connectivity index (χ0v) is 17.1. The number of aromatic amines is 1. The molecular formula is C22H23ClFN3O3. The zero-order valence-electron chi connectivity index (χ0n) is 16.4. The summed E-state index contributed by atoms with van der Waals surface area (Å²) < 4.78 is 19.2. The number of ether oxygens (including phenoxy) is 1. The Labute approximate surface area is 178 Å². The van der Waals surface area contributed by atoms with Crippen molar-refractivity contribution in [3.8, 4) is 5.75 Å². The van der Waals surface area contributed by atoms with Gasteiger partial charge in [-0.15, -0.1) is 0 Å². The molecule has 158 valence electrons. The molecule has 4 rings (SSSR count). The summed E-state index contributed by atoms with van der Waals surface area (Å²) in [5.74, 6) is -0.475. The van der Waals surface area contributed by atoms with Gasteiger partial charge in [-0.2, -0.15) is 0 Å². The third-order valence-corrected chi connectivity index (χ3v) is 5.72. The Balaban J connectivity index is 1.35. The van der Waals surface area contributed by atoms with Crippen LogP contribution in [0.25, 0.3) is 10.9 Å². The number of hydrogen-bond acceptors (Lipinski definition) is 4. The lowest BCUT2D eigenvalue weighted by Crippen LogP contribution is -2.50. The predicted octanol–water partition coefficient (Wildman–Crippen LogP) is 3.78. The zero-order chi connectivity index (χ0) is 21.1. The summed E-state index contributed by atoms with van der Waals surface area (Å²) in [5.41, 5.74) is 1.27. The van der Waals surface area contributed by atoms with Crippen LogP contribution in [-0.2, 0) is 4.79 Å². The molecule has 2 aromatic carbocycles. The molecule has 0 radical (unpaired) electrons. The molecule has 0 bridgehead atoms. The topological polar surface area (TPSA) is 68.8 Å². The molecule has 1 aliphatic rings. The van der Waals surface area contributed by atoms with Crippen LogP contribution in [0.3, 0.4) is 0 Å². The molecule has 30 heavy (non-hydrogen) atoms. The number of hydrogen-bond donors (Lipinski definition) is 2. The lowest BCUT2D eigenvalue weighted by molar-refractivity contribution is -0.144. The van der Waals surface area contributed by atoms with E-state index in [1.807, 2.05) is 17.0 Å². The van der Waals surface area contributed by atoms with E-state index in [1.165, 1.54) is 12.1 Å². The van der Waals surface area contributed by atoms with E-state index in [0.29, 0.717) is 35.8 Å². The summed E-state index contributed by atoms with van der Waals surface area (Å²) in [6, 6.07) is 10.9. The number of carbonyl (C=O) groups is 1. The van der Waals surface area contributed by atoms with Gasteiger partial charge in [0.25, 0.3) is 0 Å². The largest absolute Gasteiger partial charge is 0.492 e. The third kappa shape index (κ3) is 4.59. The van der Waals surface area contributed by atoms with Crippen molar-refractivity contribution in [3.05, 3.63) is 65.1 Å². The van der Waals surface area contributed by atoms with E-state index < -0.39 is 12.0 Å². The number of carboxylic acids is 1. The molecule has 1 aromatic heterocycles. The van der Waals surface area contributed by atoms with Crippen LogP contribution < -0.4 is 4.74 Å². The molecule has 0 unspecified atom stereocenters. The standard InChI is InChI=1S/C22H23ClFN3O3/c23-15-1-4-17(5-2-15)30-12-11-26-7-9-27(10-8-26)21(22(28)29)19-14-25-20-13-16(24)3-6-18(19)20/h1-6,13-14,21,25H,7-12H2,(H,28,29)/t21-/m1/s1. The van der Waals surface area contributed by atoms with Gasteiger partial charge in [-0.25, -0.2) is 4.39 Å². The first-order valence-corrected chi connectivity index (χ1v) is 10.2. The SMILES string of the molecule is O=C(O)[C@@H](c1c[nH]c2cc(F)ccc12)N1CCN(CCOc2ccc(Cl)cc2)CC1. The highest BCUT2D eigenvalue weighted by Gasteiger charge is 2.32. The molecule has 1 atom stereocenters. The van der Waals surface area contributed by atoms with Gasteiger partial charge in [0.15, 0.2) is 0 Å². The quantitative estimate of drug-likeness (QED) is 0.595. The fourth-order valence-electron chi connectivity index (χ4n) is 3.90. The second-order valence-electron chi connectivity index (χ2n) is 7.35. The molecule has 0 spiro atoms. The lowest BCUT2D eigenvalue weighted by Gasteiger charge is -2.37. The van der Waals surface area contributed by atoms with Crippen LogP contribution in [-0.4, -0.2) is 65.2 Å². The normalized spacial score (nSPS) is 16.6. The Morgan fingerprint density at radius 1 is 1.17 bits per heavy atom. The van der Waals surface area contributed by atoms with E-state index in [4.69, 9.17) is 16.3 Å². The smallest absolute Gasteiger partial charge is 0.325 e. The van der Waals surface area contributed by atoms with E-state index in [2.05, 4.69) is 9.88 Å². The first-order valence-electron chi connectivity index (χ1n) is 9.85. The van der Waals surface area contributed by atoms with Crippen LogP contribution in [0.4, 0.5) is 4.39 Å². The summed E-state index contributed by atoms with van der Waals surface area (Å²) in [5, 5.41) is 11.3. The molecule has 6 nitrogen and oxygen atoms in total. The van der Waals surface area contributed by atoms with E-state index in [9.17, 15) is 14.3 Å². The Kier molecular flexibility index (Phi) is 6.22. The molecule has 0 aliphatic carbocycles. The van der Waals surface area contributed by atoms with Crippen LogP contribution in [0.1, 0.15) is 11.6 Å². The Morgan fingerprint density at radius 3 is 2.60 bits per heavy atom. The summed E-state index contributed by atoms with van der Waals surface area (Å²) in [6.07, 6.45) is 1.68. The van der Waals surface area contributed by atoms with Crippen molar-refractivity contribution in [1.29, 1.82) is 0 Å². The van der Waals surface area contributed by atoms with Gasteiger partial charge < -0.3 is 14.8 Å². The molecule has 8 heteroatoms. The van der Waals surface area contributed by atoms with Gasteiger partial charge >= 0.3 is 5.97 Å². The van der Waals surface area contributed by atoms with E-state index >= 15 is 0 Å². The molecule has 3 aromatic rings. The second kappa shape index (κ2) is 9.04. The van der Waals surface area contributed by atoms with E-state index in [1.54, 1.807) is 24.4 Å². The Bertz CT molecular complexity index is 1020. The van der Waals surface area contributed by atoms with Crippen LogP contribution in [0.5, 0.6) is 5.75 Å². The third-order valence-electron chi connectivity index (χ3n) is 5.47. The first-order chi connectivity index (χ1) is 14.5. The van der Waals surface area contributed by atoms with Crippen molar-refractivity contribution in [3.63, 3.8) is 0 Å². The van der Waals surface area contributed by atoms with Gasteiger partial charge in [-0.05, 0) is 42.5 Å². The number of nitrogens with one attached hydrogen (secondary N) is 1. The first kappa shape index (κ1) is 20.7. The number of benzene rings is 2. The average molecular weight is 432 g/mol.